The van der Waals surface area contributed by atoms with Crippen LogP contribution in [-0.2, 0) is 0 Å². The number of hydrogen-bond donors (Lipinski definition) is 1. The van der Waals surface area contributed by atoms with Crippen LogP contribution >= 0.6 is 0 Å². The van der Waals surface area contributed by atoms with Crippen LogP contribution in [0.3, 0.4) is 0 Å². The van der Waals surface area contributed by atoms with E-state index in [1.165, 1.54) is 5.69 Å². The van der Waals surface area contributed by atoms with Gasteiger partial charge in [-0.1, -0.05) is 19.1 Å². The van der Waals surface area contributed by atoms with Crippen LogP contribution in [0.1, 0.15) is 25.8 Å². The summed E-state index contributed by atoms with van der Waals surface area (Å²) in [6.45, 7) is 8.44. The van der Waals surface area contributed by atoms with Crippen molar-refractivity contribution in [3.8, 4) is 11.3 Å². The van der Waals surface area contributed by atoms with Crippen molar-refractivity contribution in [3.63, 3.8) is 0 Å². The van der Waals surface area contributed by atoms with Gasteiger partial charge in [0.15, 0.2) is 0 Å². The fourth-order valence-corrected chi connectivity index (χ4v) is 2.34. The van der Waals surface area contributed by atoms with Crippen LogP contribution in [0.2, 0.25) is 0 Å². The van der Waals surface area contributed by atoms with E-state index in [-0.39, 0.29) is 0 Å². The molecule has 4 heteroatoms. The van der Waals surface area contributed by atoms with Gasteiger partial charge in [-0.05, 0) is 38.0 Å². The number of hydrogen-bond acceptors (Lipinski definition) is 4. The lowest BCUT2D eigenvalue weighted by atomic mass is 10.1. The standard InChI is InChI=1S/C16H22N4/c1-4-9-20(5-2)14-8-6-7-13(10-14)15-12(3)11-18-16(17)19-15/h6-8,10-11H,4-5,9H2,1-3H3,(H2,17,18,19). The maximum absolute atomic E-state index is 5.70. The van der Waals surface area contributed by atoms with E-state index in [9.17, 15) is 0 Å². The van der Waals surface area contributed by atoms with E-state index in [1.54, 1.807) is 6.20 Å². The van der Waals surface area contributed by atoms with E-state index < -0.39 is 0 Å². The number of rotatable bonds is 5. The van der Waals surface area contributed by atoms with Gasteiger partial charge < -0.3 is 10.6 Å². The smallest absolute Gasteiger partial charge is 0.220 e. The molecule has 20 heavy (non-hydrogen) atoms. The van der Waals surface area contributed by atoms with E-state index >= 15 is 0 Å². The van der Waals surface area contributed by atoms with Crippen molar-refractivity contribution in [1.82, 2.24) is 9.97 Å². The molecule has 0 saturated carbocycles. The van der Waals surface area contributed by atoms with E-state index in [0.29, 0.717) is 5.95 Å². The highest BCUT2D eigenvalue weighted by Gasteiger charge is 2.08. The van der Waals surface area contributed by atoms with Crippen LogP contribution in [0.15, 0.2) is 30.5 Å². The summed E-state index contributed by atoms with van der Waals surface area (Å²) < 4.78 is 0. The van der Waals surface area contributed by atoms with Gasteiger partial charge in [0.05, 0.1) is 5.69 Å². The zero-order chi connectivity index (χ0) is 14.5. The van der Waals surface area contributed by atoms with Gasteiger partial charge in [-0.15, -0.1) is 0 Å². The Kier molecular flexibility index (Phi) is 4.56. The van der Waals surface area contributed by atoms with E-state index in [1.807, 2.05) is 6.92 Å². The molecule has 4 nitrogen and oxygen atoms in total. The number of aryl methyl sites for hydroxylation is 1. The van der Waals surface area contributed by atoms with Crippen LogP contribution in [-0.4, -0.2) is 23.1 Å². The normalized spacial score (nSPS) is 10.6. The third kappa shape index (κ3) is 3.07. The summed E-state index contributed by atoms with van der Waals surface area (Å²) in [7, 11) is 0. The molecule has 0 fully saturated rings. The first-order valence-corrected chi connectivity index (χ1v) is 7.10. The van der Waals surface area contributed by atoms with E-state index in [2.05, 4.69) is 53.0 Å². The zero-order valence-electron chi connectivity index (χ0n) is 12.4. The maximum atomic E-state index is 5.70. The summed E-state index contributed by atoms with van der Waals surface area (Å²) in [5.41, 5.74) is 9.96. The van der Waals surface area contributed by atoms with Crippen LogP contribution in [0.4, 0.5) is 11.6 Å². The molecule has 0 aliphatic rings. The summed E-state index contributed by atoms with van der Waals surface area (Å²) >= 11 is 0. The van der Waals surface area contributed by atoms with Crippen molar-refractivity contribution in [2.45, 2.75) is 27.2 Å². The minimum Gasteiger partial charge on any atom is -0.372 e. The third-order valence-electron chi connectivity index (χ3n) is 3.35. The second-order valence-electron chi connectivity index (χ2n) is 4.89. The number of benzene rings is 1. The minimum absolute atomic E-state index is 0.317. The molecule has 0 bridgehead atoms. The first-order valence-electron chi connectivity index (χ1n) is 7.10. The summed E-state index contributed by atoms with van der Waals surface area (Å²) in [6.07, 6.45) is 2.91. The zero-order valence-corrected chi connectivity index (χ0v) is 12.4. The Morgan fingerprint density at radius 2 is 2.05 bits per heavy atom. The van der Waals surface area contributed by atoms with Crippen molar-refractivity contribution >= 4 is 11.6 Å². The number of nitrogens with two attached hydrogens (primary N) is 1. The molecule has 106 valence electrons. The van der Waals surface area contributed by atoms with Crippen LogP contribution < -0.4 is 10.6 Å². The second kappa shape index (κ2) is 6.37. The lowest BCUT2D eigenvalue weighted by Gasteiger charge is -2.23. The molecule has 0 radical (unpaired) electrons. The van der Waals surface area contributed by atoms with Crippen molar-refractivity contribution in [2.24, 2.45) is 0 Å². The summed E-state index contributed by atoms with van der Waals surface area (Å²) in [5, 5.41) is 0. The minimum atomic E-state index is 0.317. The highest BCUT2D eigenvalue weighted by molar-refractivity contribution is 5.68. The van der Waals surface area contributed by atoms with Gasteiger partial charge in [-0.3, -0.25) is 0 Å². The monoisotopic (exact) mass is 270 g/mol. The van der Waals surface area contributed by atoms with Crippen molar-refractivity contribution in [3.05, 3.63) is 36.0 Å². The molecular formula is C16H22N4. The Bertz CT molecular complexity index is 580. The molecule has 2 aromatic rings. The molecule has 1 heterocycles. The van der Waals surface area contributed by atoms with Gasteiger partial charge in [0, 0.05) is 30.5 Å². The van der Waals surface area contributed by atoms with Crippen LogP contribution in [0.5, 0.6) is 0 Å². The summed E-state index contributed by atoms with van der Waals surface area (Å²) in [5.74, 6) is 0.317. The maximum Gasteiger partial charge on any atom is 0.220 e. The van der Waals surface area contributed by atoms with Crippen molar-refractivity contribution < 1.29 is 0 Å². The molecular weight excluding hydrogens is 248 g/mol. The Morgan fingerprint density at radius 1 is 1.25 bits per heavy atom. The van der Waals surface area contributed by atoms with Gasteiger partial charge in [0.25, 0.3) is 0 Å². The average molecular weight is 270 g/mol. The Hall–Kier alpha value is -2.10. The Morgan fingerprint density at radius 3 is 2.75 bits per heavy atom. The fourth-order valence-electron chi connectivity index (χ4n) is 2.34. The highest BCUT2D eigenvalue weighted by Crippen LogP contribution is 2.26. The number of nitrogen functional groups attached to an aromatic ring is 1. The fraction of sp³-hybridized carbons (Fsp3) is 0.375. The highest BCUT2D eigenvalue weighted by atomic mass is 15.1. The molecule has 0 spiro atoms. The van der Waals surface area contributed by atoms with Gasteiger partial charge in [0.2, 0.25) is 5.95 Å². The second-order valence-corrected chi connectivity index (χ2v) is 4.89. The molecule has 1 aromatic carbocycles. The lowest BCUT2D eigenvalue weighted by molar-refractivity contribution is 0.792. The average Bonchev–Trinajstić information content (AvgIpc) is 2.47. The predicted octanol–water partition coefficient (Wildman–Crippen LogP) is 3.27. The molecule has 0 aliphatic heterocycles. The van der Waals surface area contributed by atoms with Crippen molar-refractivity contribution in [1.29, 1.82) is 0 Å². The molecule has 2 N–H and O–H groups in total. The number of anilines is 2. The quantitative estimate of drug-likeness (QED) is 0.906. The molecule has 0 aliphatic carbocycles. The van der Waals surface area contributed by atoms with Gasteiger partial charge in [-0.2, -0.15) is 0 Å². The Balaban J connectivity index is 2.41. The molecule has 0 unspecified atom stereocenters. The van der Waals surface area contributed by atoms with Gasteiger partial charge in [0.1, 0.15) is 0 Å². The largest absolute Gasteiger partial charge is 0.372 e. The molecule has 0 atom stereocenters. The molecule has 1 aromatic heterocycles. The molecule has 0 saturated heterocycles. The van der Waals surface area contributed by atoms with Crippen molar-refractivity contribution in [2.75, 3.05) is 23.7 Å². The van der Waals surface area contributed by atoms with E-state index in [0.717, 1.165) is 36.3 Å². The first-order chi connectivity index (χ1) is 9.65. The van der Waals surface area contributed by atoms with Gasteiger partial charge >= 0.3 is 0 Å². The molecule has 0 amide bonds. The van der Waals surface area contributed by atoms with E-state index in [4.69, 9.17) is 5.73 Å². The first kappa shape index (κ1) is 14.3. The van der Waals surface area contributed by atoms with Crippen LogP contribution in [0, 0.1) is 6.92 Å². The third-order valence-corrected chi connectivity index (χ3v) is 3.35. The Labute approximate surface area is 120 Å². The van der Waals surface area contributed by atoms with Gasteiger partial charge in [-0.25, -0.2) is 9.97 Å². The topological polar surface area (TPSA) is 55.0 Å². The molecule has 2 rings (SSSR count). The summed E-state index contributed by atoms with van der Waals surface area (Å²) in [4.78, 5) is 10.8. The number of nitrogens with zero attached hydrogens (tertiary/aromatic N) is 3. The lowest BCUT2D eigenvalue weighted by Crippen LogP contribution is -2.23. The number of aromatic nitrogens is 2. The van der Waals surface area contributed by atoms with Crippen LogP contribution in [0.25, 0.3) is 11.3 Å². The summed E-state index contributed by atoms with van der Waals surface area (Å²) in [6, 6.07) is 8.45. The SMILES string of the molecule is CCCN(CC)c1cccc(-c2nc(N)ncc2C)c1. The predicted molar refractivity (Wildman–Crippen MR) is 84.8 cm³/mol.